The monoisotopic (exact) mass is 395 g/mol. The Balaban J connectivity index is 1.40. The van der Waals surface area contributed by atoms with Gasteiger partial charge in [-0.2, -0.15) is 5.10 Å². The second-order valence-electron chi connectivity index (χ2n) is 7.60. The number of hydrogen-bond donors (Lipinski definition) is 1. The van der Waals surface area contributed by atoms with Crippen LogP contribution in [0.15, 0.2) is 36.7 Å². The van der Waals surface area contributed by atoms with Crippen molar-refractivity contribution in [2.75, 3.05) is 38.0 Å². The lowest BCUT2D eigenvalue weighted by Crippen LogP contribution is -2.59. The quantitative estimate of drug-likeness (QED) is 0.599. The number of fused-ring (bicyclic) bond motifs is 1. The number of piperazine rings is 1. The number of benzene rings is 1. The topological polar surface area (TPSA) is 79.2 Å². The number of hydrogen-bond acceptors (Lipinski definition) is 6. The fraction of sp³-hybridized carbons (Fsp3) is 0.368. The number of anilines is 1. The molecule has 1 fully saturated rings. The molecule has 146 valence electrons. The van der Waals surface area contributed by atoms with Gasteiger partial charge in [0.05, 0.1) is 41.8 Å². The number of nitrogens with zero attached hydrogens (tertiary/aromatic N) is 6. The summed E-state index contributed by atoms with van der Waals surface area (Å²) in [5, 5.41) is 14.9. The highest BCUT2D eigenvalue weighted by atomic mass is 16.2. The maximum atomic E-state index is 12.5. The molecule has 1 aromatic carbocycles. The van der Waals surface area contributed by atoms with Crippen molar-refractivity contribution < 1.29 is 4.79 Å². The van der Waals surface area contributed by atoms with E-state index in [1.54, 1.807) is 9.58 Å². The normalized spacial score (nSPS) is 16.0. The molecule has 11 heteroatoms. The first-order valence-corrected chi connectivity index (χ1v) is 9.68. The molecule has 0 atom stereocenters. The highest BCUT2D eigenvalue weighted by molar-refractivity contribution is 6.59. The predicted octanol–water partition coefficient (Wildman–Crippen LogP) is -0.297. The van der Waals surface area contributed by atoms with Gasteiger partial charge in [0.1, 0.15) is 0 Å². The van der Waals surface area contributed by atoms with E-state index in [0.29, 0.717) is 32.0 Å². The van der Waals surface area contributed by atoms with Crippen LogP contribution in [0.3, 0.4) is 0 Å². The average Bonchev–Trinajstić information content (AvgIpc) is 3.13. The van der Waals surface area contributed by atoms with E-state index in [-0.39, 0.29) is 12.5 Å². The van der Waals surface area contributed by atoms with Crippen LogP contribution >= 0.6 is 0 Å². The zero-order valence-corrected chi connectivity index (χ0v) is 16.8. The number of amides is 1. The van der Waals surface area contributed by atoms with Crippen LogP contribution in [0.25, 0.3) is 22.0 Å². The van der Waals surface area contributed by atoms with Gasteiger partial charge in [0.15, 0.2) is 5.82 Å². The maximum Gasteiger partial charge on any atom is 0.239 e. The number of carbonyl (C=O) groups is 1. The Kier molecular flexibility index (Phi) is 5.66. The van der Waals surface area contributed by atoms with Crippen molar-refractivity contribution in [3.8, 4) is 11.1 Å². The van der Waals surface area contributed by atoms with Crippen molar-refractivity contribution in [1.29, 1.82) is 0 Å². The van der Waals surface area contributed by atoms with Crippen molar-refractivity contribution in [2.24, 2.45) is 7.05 Å². The average molecular weight is 395 g/mol. The van der Waals surface area contributed by atoms with Crippen molar-refractivity contribution in [2.45, 2.75) is 5.24 Å². The Morgan fingerprint density at radius 3 is 2.53 bits per heavy atom. The first-order valence-electron chi connectivity index (χ1n) is 9.68. The summed E-state index contributed by atoms with van der Waals surface area (Å²) >= 11 is 0. The van der Waals surface area contributed by atoms with Crippen LogP contribution in [-0.2, 0) is 11.8 Å². The molecule has 3 aromatic rings. The summed E-state index contributed by atoms with van der Waals surface area (Å²) in [7, 11) is 19.0. The number of rotatable bonds is 5. The van der Waals surface area contributed by atoms with Crippen molar-refractivity contribution >= 4 is 46.2 Å². The summed E-state index contributed by atoms with van der Waals surface area (Å²) in [6.45, 7) is 2.75. The molecule has 0 bridgehead atoms. The minimum atomic E-state index is -1.33. The van der Waals surface area contributed by atoms with Gasteiger partial charge in [-0.1, -0.05) is 11.3 Å². The summed E-state index contributed by atoms with van der Waals surface area (Å²) < 4.78 is 1.75. The molecule has 1 aliphatic heterocycles. The fourth-order valence-electron chi connectivity index (χ4n) is 3.53. The van der Waals surface area contributed by atoms with E-state index in [9.17, 15) is 4.79 Å². The van der Waals surface area contributed by atoms with Gasteiger partial charge >= 0.3 is 0 Å². The van der Waals surface area contributed by atoms with Gasteiger partial charge in [0.25, 0.3) is 0 Å². The molecule has 6 radical (unpaired) electrons. The first-order chi connectivity index (χ1) is 14.3. The molecule has 0 saturated carbocycles. The minimum absolute atomic E-state index is 0.153. The van der Waals surface area contributed by atoms with Crippen LogP contribution in [0.1, 0.15) is 0 Å². The second-order valence-corrected chi connectivity index (χ2v) is 7.60. The van der Waals surface area contributed by atoms with E-state index < -0.39 is 5.24 Å². The molecular weight excluding hydrogens is 375 g/mol. The summed E-state index contributed by atoms with van der Waals surface area (Å²) in [5.74, 6) is 0.263. The lowest BCUT2D eigenvalue weighted by atomic mass is 9.48. The van der Waals surface area contributed by atoms with Crippen LogP contribution in [0.5, 0.6) is 0 Å². The van der Waals surface area contributed by atoms with Gasteiger partial charge in [-0.3, -0.25) is 14.4 Å². The number of aromatic nitrogens is 4. The zero-order valence-electron chi connectivity index (χ0n) is 16.8. The number of carbonyl (C=O) groups excluding carboxylic acids is 1. The second kappa shape index (κ2) is 8.24. The summed E-state index contributed by atoms with van der Waals surface area (Å²) in [6, 6.07) is 7.71. The van der Waals surface area contributed by atoms with Gasteiger partial charge in [-0.05, 0) is 23.8 Å². The van der Waals surface area contributed by atoms with Gasteiger partial charge < -0.3 is 10.2 Å². The highest BCUT2D eigenvalue weighted by Gasteiger charge is 2.25. The Morgan fingerprint density at radius 1 is 1.10 bits per heavy atom. The molecule has 8 nitrogen and oxygen atoms in total. The largest absolute Gasteiger partial charge is 0.320 e. The molecule has 3 heterocycles. The standard InChI is InChI=1S/C19H20B3N7O/c1-27-11-15(10-23-27)13-2-3-16-14(8-13)9-17(26-25-16)24-18(30)12-28-4-6-29(7-5-28)19(20,21)22/h2-3,8-11H,4-7,12H2,1H3,(H,24,26,30). The molecule has 1 saturated heterocycles. The Hall–Kier alpha value is -2.65. The molecule has 4 rings (SSSR count). The van der Waals surface area contributed by atoms with Crippen LogP contribution in [0, 0.1) is 0 Å². The van der Waals surface area contributed by atoms with Crippen molar-refractivity contribution in [3.63, 3.8) is 0 Å². The van der Waals surface area contributed by atoms with Crippen LogP contribution in [0.2, 0.25) is 0 Å². The number of aryl methyl sites for hydroxylation is 1. The summed E-state index contributed by atoms with van der Waals surface area (Å²) in [5.41, 5.74) is 2.79. The first kappa shape index (κ1) is 20.6. The predicted molar refractivity (Wildman–Crippen MR) is 118 cm³/mol. The number of nitrogens with one attached hydrogen (secondary N) is 1. The smallest absolute Gasteiger partial charge is 0.239 e. The van der Waals surface area contributed by atoms with Crippen LogP contribution in [0.4, 0.5) is 5.82 Å². The third-order valence-electron chi connectivity index (χ3n) is 5.18. The Bertz CT molecular complexity index is 1060. The van der Waals surface area contributed by atoms with Gasteiger partial charge in [-0.15, -0.1) is 10.2 Å². The van der Waals surface area contributed by atoms with Crippen LogP contribution < -0.4 is 5.32 Å². The molecular formula is C19H20B3N7O. The zero-order chi connectivity index (χ0) is 21.3. The van der Waals surface area contributed by atoms with Crippen LogP contribution in [-0.4, -0.2) is 97.2 Å². The lowest BCUT2D eigenvalue weighted by molar-refractivity contribution is -0.117. The summed E-state index contributed by atoms with van der Waals surface area (Å²) in [4.78, 5) is 16.3. The molecule has 2 aromatic heterocycles. The van der Waals surface area contributed by atoms with Crippen molar-refractivity contribution in [3.05, 3.63) is 36.7 Å². The fourth-order valence-corrected chi connectivity index (χ4v) is 3.53. The van der Waals surface area contributed by atoms with Crippen molar-refractivity contribution in [1.82, 2.24) is 29.8 Å². The molecule has 1 amide bonds. The highest BCUT2D eigenvalue weighted by Crippen LogP contribution is 2.24. The van der Waals surface area contributed by atoms with E-state index in [2.05, 4.69) is 20.6 Å². The third kappa shape index (κ3) is 4.74. The molecule has 30 heavy (non-hydrogen) atoms. The van der Waals surface area contributed by atoms with Gasteiger partial charge in [0.2, 0.25) is 5.91 Å². The Labute approximate surface area is 179 Å². The van der Waals surface area contributed by atoms with Gasteiger partial charge in [-0.25, -0.2) is 0 Å². The summed E-state index contributed by atoms with van der Waals surface area (Å²) in [6.07, 6.45) is 3.75. The molecule has 0 spiro atoms. The Morgan fingerprint density at radius 2 is 1.87 bits per heavy atom. The van der Waals surface area contributed by atoms with E-state index in [1.807, 2.05) is 48.6 Å². The maximum absolute atomic E-state index is 12.5. The molecule has 0 unspecified atom stereocenters. The van der Waals surface area contributed by atoms with Gasteiger partial charge in [0, 0.05) is 50.4 Å². The van der Waals surface area contributed by atoms with E-state index >= 15 is 0 Å². The minimum Gasteiger partial charge on any atom is -0.320 e. The van der Waals surface area contributed by atoms with E-state index in [4.69, 9.17) is 23.5 Å². The lowest BCUT2D eigenvalue weighted by Gasteiger charge is -2.43. The van der Waals surface area contributed by atoms with E-state index in [0.717, 1.165) is 22.0 Å². The molecule has 1 aliphatic rings. The third-order valence-corrected chi connectivity index (χ3v) is 5.18. The molecule has 1 N–H and O–H groups in total. The molecule has 0 aliphatic carbocycles. The van der Waals surface area contributed by atoms with E-state index in [1.165, 1.54) is 0 Å². The SMILES string of the molecule is [B]C([B])([B])N1CCN(CC(=O)Nc2cc3cc(-c4cnn(C)c4)ccc3nn2)CC1.